The van der Waals surface area contributed by atoms with E-state index >= 15 is 0 Å². The fourth-order valence-corrected chi connectivity index (χ4v) is 2.98. The van der Waals surface area contributed by atoms with E-state index in [1.54, 1.807) is 48.5 Å². The molecule has 0 radical (unpaired) electrons. The molecule has 1 aliphatic rings. The van der Waals surface area contributed by atoms with Gasteiger partial charge in [0, 0.05) is 18.0 Å². The summed E-state index contributed by atoms with van der Waals surface area (Å²) in [6.07, 6.45) is 1.53. The summed E-state index contributed by atoms with van der Waals surface area (Å²) in [7, 11) is 0. The summed E-state index contributed by atoms with van der Waals surface area (Å²) in [6.45, 7) is 0.950. The van der Waals surface area contributed by atoms with Gasteiger partial charge in [0.2, 0.25) is 0 Å². The van der Waals surface area contributed by atoms with E-state index in [1.807, 2.05) is 18.2 Å². The Morgan fingerprint density at radius 1 is 0.897 bits per heavy atom. The molecule has 2 heterocycles. The molecule has 4 rings (SSSR count). The summed E-state index contributed by atoms with van der Waals surface area (Å²) in [4.78, 5) is 29.7. The van der Waals surface area contributed by atoms with Crippen molar-refractivity contribution in [3.63, 3.8) is 0 Å². The Balaban J connectivity index is 1.56. The van der Waals surface area contributed by atoms with Crippen molar-refractivity contribution in [1.82, 2.24) is 10.3 Å². The van der Waals surface area contributed by atoms with Crippen LogP contribution in [-0.4, -0.2) is 30.0 Å². The second-order valence-electron chi connectivity index (χ2n) is 6.38. The van der Waals surface area contributed by atoms with Gasteiger partial charge in [-0.2, -0.15) is 0 Å². The minimum atomic E-state index is -0.890. The Kier molecular flexibility index (Phi) is 5.38. The van der Waals surface area contributed by atoms with Crippen LogP contribution in [0, 0.1) is 0 Å². The minimum absolute atomic E-state index is 0.237. The third kappa shape index (κ3) is 4.35. The lowest BCUT2D eigenvalue weighted by Crippen LogP contribution is -2.37. The quantitative estimate of drug-likeness (QED) is 0.700. The van der Waals surface area contributed by atoms with Gasteiger partial charge in [-0.25, -0.2) is 0 Å². The fourth-order valence-electron chi connectivity index (χ4n) is 2.98. The number of aromatic nitrogens is 1. The molecule has 1 aliphatic heterocycles. The number of fused-ring (bicyclic) bond motifs is 1. The van der Waals surface area contributed by atoms with Crippen LogP contribution >= 0.6 is 0 Å². The van der Waals surface area contributed by atoms with Gasteiger partial charge in [0.1, 0.15) is 24.9 Å². The lowest BCUT2D eigenvalue weighted by atomic mass is 10.1. The van der Waals surface area contributed by atoms with E-state index in [1.165, 1.54) is 6.20 Å². The van der Waals surface area contributed by atoms with Gasteiger partial charge >= 0.3 is 0 Å². The van der Waals surface area contributed by atoms with Crippen LogP contribution in [0.3, 0.4) is 0 Å². The van der Waals surface area contributed by atoms with E-state index in [2.05, 4.69) is 15.6 Å². The third-order valence-corrected chi connectivity index (χ3v) is 4.38. The highest BCUT2D eigenvalue weighted by Crippen LogP contribution is 2.32. The highest BCUT2D eigenvalue weighted by Gasteiger charge is 2.24. The molecule has 7 heteroatoms. The number of pyridine rings is 1. The standard InChI is InChI=1S/C22H19N3O4/c26-21(17-8-4-5-11-23-17)25-20(15-6-2-1-3-7-15)22(27)24-16-9-10-18-19(14-16)29-13-12-28-18/h1-11,14,20H,12-13H2,(H,24,27)(H,25,26)/t20-/m0/s1. The van der Waals surface area contributed by atoms with Crippen LogP contribution in [0.1, 0.15) is 22.1 Å². The van der Waals surface area contributed by atoms with Crippen LogP contribution in [0.4, 0.5) is 5.69 Å². The Labute approximate surface area is 167 Å². The molecule has 29 heavy (non-hydrogen) atoms. The fraction of sp³-hybridized carbons (Fsp3) is 0.136. The van der Waals surface area contributed by atoms with Crippen LogP contribution < -0.4 is 20.1 Å². The van der Waals surface area contributed by atoms with Gasteiger partial charge < -0.3 is 20.1 Å². The van der Waals surface area contributed by atoms with Gasteiger partial charge in [-0.3, -0.25) is 14.6 Å². The third-order valence-electron chi connectivity index (χ3n) is 4.38. The van der Waals surface area contributed by atoms with Crippen molar-refractivity contribution in [3.8, 4) is 11.5 Å². The zero-order chi connectivity index (χ0) is 20.1. The van der Waals surface area contributed by atoms with Crippen LogP contribution in [-0.2, 0) is 4.79 Å². The molecule has 0 unspecified atom stereocenters. The Morgan fingerprint density at radius 3 is 2.41 bits per heavy atom. The number of nitrogens with one attached hydrogen (secondary N) is 2. The molecular weight excluding hydrogens is 370 g/mol. The molecule has 0 aliphatic carbocycles. The van der Waals surface area contributed by atoms with E-state index in [-0.39, 0.29) is 11.6 Å². The van der Waals surface area contributed by atoms with Crippen molar-refractivity contribution in [2.45, 2.75) is 6.04 Å². The second kappa shape index (κ2) is 8.43. The number of nitrogens with zero attached hydrogens (tertiary/aromatic N) is 1. The van der Waals surface area contributed by atoms with Crippen molar-refractivity contribution >= 4 is 17.5 Å². The van der Waals surface area contributed by atoms with Crippen LogP contribution in [0.25, 0.3) is 0 Å². The normalized spacial score (nSPS) is 13.2. The van der Waals surface area contributed by atoms with E-state index in [9.17, 15) is 9.59 Å². The summed E-state index contributed by atoms with van der Waals surface area (Å²) in [5.74, 6) is 0.397. The van der Waals surface area contributed by atoms with E-state index in [0.29, 0.717) is 36.0 Å². The molecule has 2 N–H and O–H groups in total. The number of rotatable bonds is 5. The number of carbonyl (C=O) groups excluding carboxylic acids is 2. The predicted molar refractivity (Wildman–Crippen MR) is 107 cm³/mol. The molecule has 0 spiro atoms. The molecule has 3 aromatic rings. The first-order chi connectivity index (χ1) is 14.2. The van der Waals surface area contributed by atoms with Gasteiger partial charge in [-0.1, -0.05) is 36.4 Å². The van der Waals surface area contributed by atoms with Crippen molar-refractivity contribution < 1.29 is 19.1 Å². The van der Waals surface area contributed by atoms with Crippen LogP contribution in [0.2, 0.25) is 0 Å². The summed E-state index contributed by atoms with van der Waals surface area (Å²) < 4.78 is 11.1. The number of ether oxygens (including phenoxy) is 2. The molecule has 0 saturated carbocycles. The monoisotopic (exact) mass is 389 g/mol. The Hall–Kier alpha value is -3.87. The first-order valence-electron chi connectivity index (χ1n) is 9.18. The summed E-state index contributed by atoms with van der Waals surface area (Å²) in [5, 5.41) is 5.60. The zero-order valence-corrected chi connectivity index (χ0v) is 15.5. The summed E-state index contributed by atoms with van der Waals surface area (Å²) in [5.41, 5.74) is 1.44. The SMILES string of the molecule is O=C(N[C@H](C(=O)Nc1ccc2c(c1)OCCO2)c1ccccc1)c1ccccn1. The molecule has 146 valence electrons. The summed E-state index contributed by atoms with van der Waals surface area (Å²) in [6, 6.07) is 18.4. The molecule has 7 nitrogen and oxygen atoms in total. The molecule has 1 aromatic heterocycles. The Bertz CT molecular complexity index is 1010. The first-order valence-corrected chi connectivity index (χ1v) is 9.18. The largest absolute Gasteiger partial charge is 0.486 e. The van der Waals surface area contributed by atoms with Crippen molar-refractivity contribution in [2.24, 2.45) is 0 Å². The molecule has 0 fully saturated rings. The van der Waals surface area contributed by atoms with Gasteiger partial charge in [-0.05, 0) is 29.8 Å². The van der Waals surface area contributed by atoms with E-state index in [4.69, 9.17) is 9.47 Å². The molecule has 0 saturated heterocycles. The van der Waals surface area contributed by atoms with Crippen molar-refractivity contribution in [1.29, 1.82) is 0 Å². The average molecular weight is 389 g/mol. The Morgan fingerprint density at radius 2 is 1.66 bits per heavy atom. The van der Waals surface area contributed by atoms with E-state index < -0.39 is 11.9 Å². The second-order valence-corrected chi connectivity index (χ2v) is 6.38. The number of amides is 2. The number of hydrogen-bond acceptors (Lipinski definition) is 5. The molecule has 0 bridgehead atoms. The first kappa shape index (κ1) is 18.5. The maximum atomic E-state index is 13.0. The maximum Gasteiger partial charge on any atom is 0.270 e. The highest BCUT2D eigenvalue weighted by molar-refractivity contribution is 6.01. The maximum absolute atomic E-state index is 13.0. The molecule has 2 aromatic carbocycles. The smallest absolute Gasteiger partial charge is 0.270 e. The average Bonchev–Trinajstić information content (AvgIpc) is 2.78. The van der Waals surface area contributed by atoms with Crippen molar-refractivity contribution in [2.75, 3.05) is 18.5 Å². The van der Waals surface area contributed by atoms with Gasteiger partial charge in [0.25, 0.3) is 11.8 Å². The van der Waals surface area contributed by atoms with Gasteiger partial charge in [-0.15, -0.1) is 0 Å². The highest BCUT2D eigenvalue weighted by atomic mass is 16.6. The van der Waals surface area contributed by atoms with Gasteiger partial charge in [0.05, 0.1) is 0 Å². The summed E-state index contributed by atoms with van der Waals surface area (Å²) >= 11 is 0. The van der Waals surface area contributed by atoms with Crippen molar-refractivity contribution in [3.05, 3.63) is 84.2 Å². The molecular formula is C22H19N3O4. The van der Waals surface area contributed by atoms with Gasteiger partial charge in [0.15, 0.2) is 11.5 Å². The zero-order valence-electron chi connectivity index (χ0n) is 15.5. The van der Waals surface area contributed by atoms with E-state index in [0.717, 1.165) is 0 Å². The molecule has 2 amide bonds. The number of carbonyl (C=O) groups is 2. The van der Waals surface area contributed by atoms with Crippen LogP contribution in [0.15, 0.2) is 72.9 Å². The number of hydrogen-bond donors (Lipinski definition) is 2. The number of anilines is 1. The number of benzene rings is 2. The molecule has 1 atom stereocenters. The minimum Gasteiger partial charge on any atom is -0.486 e. The lowest BCUT2D eigenvalue weighted by Gasteiger charge is -2.21. The topological polar surface area (TPSA) is 89.6 Å². The predicted octanol–water partition coefficient (Wildman–Crippen LogP) is 2.96. The van der Waals surface area contributed by atoms with Crippen LogP contribution in [0.5, 0.6) is 11.5 Å². The lowest BCUT2D eigenvalue weighted by molar-refractivity contribution is -0.118.